The number of piperidine rings is 1. The van der Waals surface area contributed by atoms with Gasteiger partial charge in [-0.3, -0.25) is 4.90 Å². The van der Waals surface area contributed by atoms with E-state index in [9.17, 15) is 0 Å². The lowest BCUT2D eigenvalue weighted by Crippen LogP contribution is -2.45. The van der Waals surface area contributed by atoms with Crippen LogP contribution in [0.3, 0.4) is 0 Å². The minimum Gasteiger partial charge on any atom is -0.424 e. The van der Waals surface area contributed by atoms with E-state index in [1.54, 1.807) is 0 Å². The second-order valence-electron chi connectivity index (χ2n) is 5.27. The van der Waals surface area contributed by atoms with Crippen molar-refractivity contribution in [3.8, 4) is 0 Å². The highest BCUT2D eigenvalue weighted by atomic mass is 16.4. The maximum atomic E-state index is 5.63. The summed E-state index contributed by atoms with van der Waals surface area (Å²) in [6, 6.07) is 0.609. The van der Waals surface area contributed by atoms with Gasteiger partial charge in [0.2, 0.25) is 11.8 Å². The Balaban J connectivity index is 1.87. The van der Waals surface area contributed by atoms with Crippen LogP contribution in [-0.2, 0) is 13.0 Å². The van der Waals surface area contributed by atoms with E-state index < -0.39 is 0 Å². The second-order valence-corrected chi connectivity index (χ2v) is 5.27. The Morgan fingerprint density at radius 3 is 2.84 bits per heavy atom. The third-order valence-electron chi connectivity index (χ3n) is 3.71. The first-order chi connectivity index (χ1) is 9.33. The van der Waals surface area contributed by atoms with Gasteiger partial charge in [-0.05, 0) is 32.4 Å². The normalized spacial score (nSPS) is 20.8. The maximum Gasteiger partial charge on any atom is 0.230 e. The van der Waals surface area contributed by atoms with Crippen molar-refractivity contribution in [2.24, 2.45) is 0 Å². The molecule has 0 amide bonds. The highest BCUT2D eigenvalue weighted by Gasteiger charge is 2.23. The molecule has 1 fully saturated rings. The van der Waals surface area contributed by atoms with Gasteiger partial charge in [-0.25, -0.2) is 0 Å². The Morgan fingerprint density at radius 1 is 1.26 bits per heavy atom. The van der Waals surface area contributed by atoms with Gasteiger partial charge in [0.05, 0.1) is 6.54 Å². The van der Waals surface area contributed by atoms with Crippen LogP contribution in [0.1, 0.15) is 51.3 Å². The van der Waals surface area contributed by atoms with Crippen LogP contribution in [0.15, 0.2) is 4.42 Å². The summed E-state index contributed by atoms with van der Waals surface area (Å²) in [5.41, 5.74) is 0. The highest BCUT2D eigenvalue weighted by Crippen LogP contribution is 2.19. The SMILES string of the molecule is CCCNCC1CCCCN1Cc1nnc(CC)o1. The van der Waals surface area contributed by atoms with Crippen LogP contribution >= 0.6 is 0 Å². The summed E-state index contributed by atoms with van der Waals surface area (Å²) < 4.78 is 5.63. The second kappa shape index (κ2) is 7.60. The number of aryl methyl sites for hydroxylation is 1. The molecule has 1 unspecified atom stereocenters. The minimum absolute atomic E-state index is 0.609. The van der Waals surface area contributed by atoms with Crippen molar-refractivity contribution >= 4 is 0 Å². The predicted molar refractivity (Wildman–Crippen MR) is 74.9 cm³/mol. The molecule has 0 bridgehead atoms. The first-order valence-corrected chi connectivity index (χ1v) is 7.59. The molecule has 0 aliphatic carbocycles. The number of aromatic nitrogens is 2. The molecule has 108 valence electrons. The average molecular weight is 266 g/mol. The first kappa shape index (κ1) is 14.5. The Morgan fingerprint density at radius 2 is 2.11 bits per heavy atom. The van der Waals surface area contributed by atoms with Crippen LogP contribution in [0.2, 0.25) is 0 Å². The quantitative estimate of drug-likeness (QED) is 0.765. The summed E-state index contributed by atoms with van der Waals surface area (Å²) in [4.78, 5) is 2.49. The molecule has 1 aromatic heterocycles. The van der Waals surface area contributed by atoms with Crippen LogP contribution in [0.4, 0.5) is 0 Å². The molecule has 2 heterocycles. The average Bonchev–Trinajstić information content (AvgIpc) is 2.89. The van der Waals surface area contributed by atoms with Crippen molar-refractivity contribution in [1.82, 2.24) is 20.4 Å². The van der Waals surface area contributed by atoms with Gasteiger partial charge in [0, 0.05) is 19.0 Å². The predicted octanol–water partition coefficient (Wildman–Crippen LogP) is 1.99. The topological polar surface area (TPSA) is 54.2 Å². The zero-order chi connectivity index (χ0) is 13.5. The van der Waals surface area contributed by atoms with Crippen LogP contribution in [0.5, 0.6) is 0 Å². The molecule has 19 heavy (non-hydrogen) atoms. The molecule has 1 N–H and O–H groups in total. The van der Waals surface area contributed by atoms with Gasteiger partial charge in [-0.1, -0.05) is 20.3 Å². The van der Waals surface area contributed by atoms with E-state index in [-0.39, 0.29) is 0 Å². The van der Waals surface area contributed by atoms with Crippen LogP contribution in [-0.4, -0.2) is 40.8 Å². The third kappa shape index (κ3) is 4.28. The summed E-state index contributed by atoms with van der Waals surface area (Å²) in [5.74, 6) is 1.51. The van der Waals surface area contributed by atoms with E-state index in [2.05, 4.69) is 27.3 Å². The minimum atomic E-state index is 0.609. The molecule has 0 radical (unpaired) electrons. The van der Waals surface area contributed by atoms with E-state index in [1.165, 1.54) is 25.7 Å². The smallest absolute Gasteiger partial charge is 0.230 e. The molecule has 0 aromatic carbocycles. The molecule has 1 aromatic rings. The monoisotopic (exact) mass is 266 g/mol. The zero-order valence-electron chi connectivity index (χ0n) is 12.2. The molecule has 5 heteroatoms. The van der Waals surface area contributed by atoms with Gasteiger partial charge in [-0.15, -0.1) is 10.2 Å². The summed E-state index contributed by atoms with van der Waals surface area (Å²) in [7, 11) is 0. The Hall–Kier alpha value is -0.940. The molecular weight excluding hydrogens is 240 g/mol. The Bertz CT molecular complexity index is 366. The molecule has 1 atom stereocenters. The molecule has 0 spiro atoms. The summed E-state index contributed by atoms with van der Waals surface area (Å²) in [6.45, 7) is 8.35. The van der Waals surface area contributed by atoms with Crippen LogP contribution < -0.4 is 5.32 Å². The maximum absolute atomic E-state index is 5.63. The molecule has 1 saturated heterocycles. The highest BCUT2D eigenvalue weighted by molar-refractivity contribution is 4.86. The fourth-order valence-electron chi connectivity index (χ4n) is 2.61. The van der Waals surface area contributed by atoms with Crippen LogP contribution in [0.25, 0.3) is 0 Å². The summed E-state index contributed by atoms with van der Waals surface area (Å²) >= 11 is 0. The number of likely N-dealkylation sites (tertiary alicyclic amines) is 1. The van der Waals surface area contributed by atoms with Crippen molar-refractivity contribution in [1.29, 1.82) is 0 Å². The zero-order valence-corrected chi connectivity index (χ0v) is 12.2. The largest absolute Gasteiger partial charge is 0.424 e. The number of hydrogen-bond acceptors (Lipinski definition) is 5. The molecule has 1 aliphatic rings. The van der Waals surface area contributed by atoms with E-state index in [1.807, 2.05) is 6.92 Å². The lowest BCUT2D eigenvalue weighted by atomic mass is 10.0. The van der Waals surface area contributed by atoms with E-state index in [4.69, 9.17) is 4.42 Å². The fraction of sp³-hybridized carbons (Fsp3) is 0.857. The van der Waals surface area contributed by atoms with Gasteiger partial charge in [0.15, 0.2) is 0 Å². The van der Waals surface area contributed by atoms with Crippen LogP contribution in [0, 0.1) is 0 Å². The Labute approximate surface area is 115 Å². The molecule has 0 saturated carbocycles. The lowest BCUT2D eigenvalue weighted by molar-refractivity contribution is 0.125. The van der Waals surface area contributed by atoms with Crippen molar-refractivity contribution in [2.45, 2.75) is 58.5 Å². The molecular formula is C14H26N4O. The number of nitrogens with one attached hydrogen (secondary N) is 1. The van der Waals surface area contributed by atoms with Crippen molar-refractivity contribution < 1.29 is 4.42 Å². The lowest BCUT2D eigenvalue weighted by Gasteiger charge is -2.34. The molecule has 2 rings (SSSR count). The number of hydrogen-bond donors (Lipinski definition) is 1. The van der Waals surface area contributed by atoms with E-state index in [0.29, 0.717) is 6.04 Å². The molecule has 5 nitrogen and oxygen atoms in total. The van der Waals surface area contributed by atoms with Crippen molar-refractivity contribution in [2.75, 3.05) is 19.6 Å². The van der Waals surface area contributed by atoms with E-state index in [0.717, 1.165) is 44.4 Å². The first-order valence-electron chi connectivity index (χ1n) is 7.59. The van der Waals surface area contributed by atoms with Crippen molar-refractivity contribution in [3.63, 3.8) is 0 Å². The van der Waals surface area contributed by atoms with Gasteiger partial charge in [-0.2, -0.15) is 0 Å². The summed E-state index contributed by atoms with van der Waals surface area (Å²) in [5, 5.41) is 11.7. The van der Waals surface area contributed by atoms with Gasteiger partial charge in [0.25, 0.3) is 0 Å². The number of nitrogens with zero attached hydrogens (tertiary/aromatic N) is 3. The summed E-state index contributed by atoms with van der Waals surface area (Å²) in [6.07, 6.45) is 5.88. The fourth-order valence-corrected chi connectivity index (χ4v) is 2.61. The molecule has 1 aliphatic heterocycles. The third-order valence-corrected chi connectivity index (χ3v) is 3.71. The number of rotatable bonds is 7. The standard InChI is InChI=1S/C14H26N4O/c1-3-8-15-10-12-7-5-6-9-18(12)11-14-17-16-13(4-2)19-14/h12,15H,3-11H2,1-2H3. The van der Waals surface area contributed by atoms with Crippen molar-refractivity contribution in [3.05, 3.63) is 11.8 Å². The van der Waals surface area contributed by atoms with Gasteiger partial charge in [0.1, 0.15) is 0 Å². The van der Waals surface area contributed by atoms with Gasteiger partial charge < -0.3 is 9.73 Å². The van der Waals surface area contributed by atoms with E-state index >= 15 is 0 Å². The van der Waals surface area contributed by atoms with Gasteiger partial charge >= 0.3 is 0 Å². The Kier molecular flexibility index (Phi) is 5.79.